The normalized spacial score (nSPS) is 10.8. The zero-order valence-corrected chi connectivity index (χ0v) is 8.47. The Morgan fingerprint density at radius 3 is 2.69 bits per heavy atom. The van der Waals surface area contributed by atoms with Crippen LogP contribution in [-0.4, -0.2) is 9.38 Å². The van der Waals surface area contributed by atoms with E-state index in [9.17, 15) is 4.39 Å². The maximum atomic E-state index is 12.8. The third-order valence-corrected chi connectivity index (χ3v) is 2.61. The lowest BCUT2D eigenvalue weighted by Gasteiger charge is -2.03. The van der Waals surface area contributed by atoms with E-state index in [2.05, 4.69) is 4.98 Å². The summed E-state index contributed by atoms with van der Waals surface area (Å²) in [6.45, 7) is 0. The topological polar surface area (TPSA) is 17.3 Å². The Morgan fingerprint density at radius 2 is 1.88 bits per heavy atom. The molecule has 0 aliphatic rings. The highest BCUT2D eigenvalue weighted by Crippen LogP contribution is 2.24. The average molecular weight is 212 g/mol. The minimum absolute atomic E-state index is 0.218. The fourth-order valence-corrected chi connectivity index (χ4v) is 1.82. The number of halogens is 1. The van der Waals surface area contributed by atoms with Gasteiger partial charge in [-0.15, -0.1) is 0 Å². The molecule has 0 aliphatic carbocycles. The highest BCUT2D eigenvalue weighted by atomic mass is 19.1. The maximum absolute atomic E-state index is 12.8. The summed E-state index contributed by atoms with van der Waals surface area (Å²) >= 11 is 0. The predicted molar refractivity (Wildman–Crippen MR) is 60.6 cm³/mol. The van der Waals surface area contributed by atoms with Crippen LogP contribution < -0.4 is 0 Å². The number of hydrogen-bond donors (Lipinski definition) is 0. The average Bonchev–Trinajstić information content (AvgIpc) is 2.78. The van der Waals surface area contributed by atoms with Crippen LogP contribution in [0.3, 0.4) is 0 Å². The number of hydrogen-bond acceptors (Lipinski definition) is 1. The molecule has 2 nitrogen and oxygen atoms in total. The summed E-state index contributed by atoms with van der Waals surface area (Å²) in [5, 5.41) is 0. The van der Waals surface area contributed by atoms with E-state index in [0.717, 1.165) is 16.6 Å². The van der Waals surface area contributed by atoms with Crippen LogP contribution in [0.15, 0.2) is 55.1 Å². The second kappa shape index (κ2) is 3.45. The minimum atomic E-state index is -0.218. The molecule has 16 heavy (non-hydrogen) atoms. The van der Waals surface area contributed by atoms with Gasteiger partial charge in [-0.05, 0) is 23.8 Å². The molecular weight excluding hydrogens is 203 g/mol. The van der Waals surface area contributed by atoms with Gasteiger partial charge in [-0.1, -0.05) is 18.2 Å². The number of fused-ring (bicyclic) bond motifs is 1. The lowest BCUT2D eigenvalue weighted by atomic mass is 10.1. The highest BCUT2D eigenvalue weighted by Gasteiger charge is 2.03. The number of imidazole rings is 1. The number of nitrogens with zero attached hydrogens (tertiary/aromatic N) is 2. The maximum Gasteiger partial charge on any atom is 0.123 e. The highest BCUT2D eigenvalue weighted by molar-refractivity contribution is 5.79. The molecule has 2 aromatic heterocycles. The van der Waals surface area contributed by atoms with E-state index < -0.39 is 0 Å². The first-order valence-corrected chi connectivity index (χ1v) is 5.01. The van der Waals surface area contributed by atoms with Crippen molar-refractivity contribution in [2.24, 2.45) is 0 Å². The Morgan fingerprint density at radius 1 is 1.06 bits per heavy atom. The van der Waals surface area contributed by atoms with Crippen molar-refractivity contribution in [1.29, 1.82) is 0 Å². The number of benzene rings is 1. The number of pyridine rings is 1. The quantitative estimate of drug-likeness (QED) is 0.605. The molecule has 0 radical (unpaired) electrons. The molecule has 0 bridgehead atoms. The SMILES string of the molecule is Fc1ccc(-c2cccn3cncc23)cc1. The molecule has 0 N–H and O–H groups in total. The first kappa shape index (κ1) is 9.09. The van der Waals surface area contributed by atoms with Gasteiger partial charge in [0.25, 0.3) is 0 Å². The molecule has 0 amide bonds. The van der Waals surface area contributed by atoms with E-state index in [1.807, 2.05) is 22.7 Å². The molecule has 2 heterocycles. The van der Waals surface area contributed by atoms with Gasteiger partial charge in [-0.3, -0.25) is 0 Å². The van der Waals surface area contributed by atoms with E-state index >= 15 is 0 Å². The third-order valence-electron chi connectivity index (χ3n) is 2.61. The zero-order valence-electron chi connectivity index (χ0n) is 8.47. The first-order chi connectivity index (χ1) is 7.84. The molecule has 3 aromatic rings. The summed E-state index contributed by atoms with van der Waals surface area (Å²) in [6, 6.07) is 10.4. The van der Waals surface area contributed by atoms with E-state index in [4.69, 9.17) is 0 Å². The summed E-state index contributed by atoms with van der Waals surface area (Å²) in [5.41, 5.74) is 3.07. The number of aromatic nitrogens is 2. The Hall–Kier alpha value is -2.16. The largest absolute Gasteiger partial charge is 0.306 e. The van der Waals surface area contributed by atoms with E-state index in [0.29, 0.717) is 0 Å². The standard InChI is InChI=1S/C13H9FN2/c14-11-5-3-10(4-6-11)12-2-1-7-16-9-15-8-13(12)16/h1-9H. The molecule has 0 spiro atoms. The van der Waals surface area contributed by atoms with Crippen LogP contribution in [0.25, 0.3) is 16.6 Å². The lowest BCUT2D eigenvalue weighted by Crippen LogP contribution is -1.85. The summed E-state index contributed by atoms with van der Waals surface area (Å²) in [6.07, 6.45) is 5.50. The lowest BCUT2D eigenvalue weighted by molar-refractivity contribution is 0.628. The van der Waals surface area contributed by atoms with Gasteiger partial charge < -0.3 is 4.40 Å². The van der Waals surface area contributed by atoms with Crippen molar-refractivity contribution in [3.05, 3.63) is 60.9 Å². The zero-order chi connectivity index (χ0) is 11.0. The summed E-state index contributed by atoms with van der Waals surface area (Å²) in [4.78, 5) is 4.09. The summed E-state index contributed by atoms with van der Waals surface area (Å²) < 4.78 is 14.8. The molecule has 3 rings (SSSR count). The number of rotatable bonds is 1. The van der Waals surface area contributed by atoms with Crippen molar-refractivity contribution < 1.29 is 4.39 Å². The van der Waals surface area contributed by atoms with Crippen molar-refractivity contribution in [2.45, 2.75) is 0 Å². The van der Waals surface area contributed by atoms with Gasteiger partial charge in [-0.2, -0.15) is 0 Å². The van der Waals surface area contributed by atoms with Gasteiger partial charge in [0.05, 0.1) is 18.0 Å². The second-order valence-electron chi connectivity index (χ2n) is 3.61. The smallest absolute Gasteiger partial charge is 0.123 e. The second-order valence-corrected chi connectivity index (χ2v) is 3.61. The van der Waals surface area contributed by atoms with Crippen LogP contribution in [0.4, 0.5) is 4.39 Å². The van der Waals surface area contributed by atoms with Crippen molar-refractivity contribution in [2.75, 3.05) is 0 Å². The fraction of sp³-hybridized carbons (Fsp3) is 0. The fourth-order valence-electron chi connectivity index (χ4n) is 1.82. The van der Waals surface area contributed by atoms with Gasteiger partial charge in [-0.25, -0.2) is 9.37 Å². The molecule has 0 aliphatic heterocycles. The molecule has 3 heteroatoms. The van der Waals surface area contributed by atoms with Crippen LogP contribution in [0, 0.1) is 5.82 Å². The monoisotopic (exact) mass is 212 g/mol. The van der Waals surface area contributed by atoms with Crippen molar-refractivity contribution >= 4 is 5.52 Å². The van der Waals surface area contributed by atoms with E-state index in [1.165, 1.54) is 12.1 Å². The van der Waals surface area contributed by atoms with Crippen molar-refractivity contribution in [3.63, 3.8) is 0 Å². The van der Waals surface area contributed by atoms with Crippen LogP contribution in [0.2, 0.25) is 0 Å². The third kappa shape index (κ3) is 1.37. The van der Waals surface area contributed by atoms with Crippen LogP contribution in [0.1, 0.15) is 0 Å². The molecule has 78 valence electrons. The Balaban J connectivity index is 2.25. The van der Waals surface area contributed by atoms with Crippen molar-refractivity contribution in [3.8, 4) is 11.1 Å². The molecule has 0 atom stereocenters. The summed E-state index contributed by atoms with van der Waals surface area (Å²) in [5.74, 6) is -0.218. The van der Waals surface area contributed by atoms with Gasteiger partial charge in [0.2, 0.25) is 0 Å². The Kier molecular flexibility index (Phi) is 1.96. The summed E-state index contributed by atoms with van der Waals surface area (Å²) in [7, 11) is 0. The first-order valence-electron chi connectivity index (χ1n) is 5.01. The van der Waals surface area contributed by atoms with Gasteiger partial charge in [0.1, 0.15) is 5.82 Å². The van der Waals surface area contributed by atoms with Gasteiger partial charge in [0.15, 0.2) is 0 Å². The minimum Gasteiger partial charge on any atom is -0.306 e. The van der Waals surface area contributed by atoms with Crippen LogP contribution >= 0.6 is 0 Å². The molecule has 1 aromatic carbocycles. The molecular formula is C13H9FN2. The molecule has 0 fully saturated rings. The Bertz CT molecular complexity index is 626. The van der Waals surface area contributed by atoms with Gasteiger partial charge in [0, 0.05) is 11.8 Å². The van der Waals surface area contributed by atoms with Crippen LogP contribution in [0.5, 0.6) is 0 Å². The van der Waals surface area contributed by atoms with Crippen molar-refractivity contribution in [1.82, 2.24) is 9.38 Å². The van der Waals surface area contributed by atoms with E-state index in [1.54, 1.807) is 24.7 Å². The molecule has 0 unspecified atom stereocenters. The van der Waals surface area contributed by atoms with Gasteiger partial charge >= 0.3 is 0 Å². The molecule has 0 saturated heterocycles. The van der Waals surface area contributed by atoms with E-state index in [-0.39, 0.29) is 5.82 Å². The van der Waals surface area contributed by atoms with Crippen LogP contribution in [-0.2, 0) is 0 Å². The Labute approximate surface area is 92.0 Å². The predicted octanol–water partition coefficient (Wildman–Crippen LogP) is 3.14. The molecule has 0 saturated carbocycles.